The maximum Gasteiger partial charge on any atom is 0.217 e. The van der Waals surface area contributed by atoms with Crippen molar-refractivity contribution in [2.45, 2.75) is 118 Å². The SMILES string of the molecule is CC[C@H](CC[C@@H](C)[C@H]1CC[C@H]2[C@@H]3CC=C4C[C@@H](OS(=O)(=O)[O-])CC[C@]4(C)[C@H]3CC[C@]12C)C(C)C. The van der Waals surface area contributed by atoms with Gasteiger partial charge >= 0.3 is 0 Å². The van der Waals surface area contributed by atoms with Gasteiger partial charge in [0, 0.05) is 0 Å². The van der Waals surface area contributed by atoms with Crippen molar-refractivity contribution in [2.24, 2.45) is 52.3 Å². The molecule has 0 heterocycles. The standard InChI is InChI=1S/C29H50O4S/c1-7-21(19(2)3)9-8-20(4)25-12-13-26-24-11-10-22-18-23(33-34(30,31)32)14-16-28(22,5)27(24)15-17-29(25,26)6/h10,19-21,23-27H,7-9,11-18H2,1-6H3,(H,30,31,32)/p-1/t20-,21-,23+,24+,25-,26+,27+,28+,29-/m1/s1. The normalized spacial score (nSPS) is 41.9. The molecule has 5 heteroatoms. The van der Waals surface area contributed by atoms with Crippen LogP contribution in [0.1, 0.15) is 112 Å². The summed E-state index contributed by atoms with van der Waals surface area (Å²) < 4.78 is 38.3. The van der Waals surface area contributed by atoms with Crippen LogP contribution in [-0.2, 0) is 14.6 Å². The van der Waals surface area contributed by atoms with Gasteiger partial charge in [-0.2, -0.15) is 0 Å². The Balaban J connectivity index is 1.46. The lowest BCUT2D eigenvalue weighted by Gasteiger charge is -2.58. The van der Waals surface area contributed by atoms with E-state index in [0.717, 1.165) is 48.3 Å². The topological polar surface area (TPSA) is 66.4 Å². The van der Waals surface area contributed by atoms with Crippen molar-refractivity contribution in [1.29, 1.82) is 0 Å². The lowest BCUT2D eigenvalue weighted by molar-refractivity contribution is -0.0563. The van der Waals surface area contributed by atoms with Crippen molar-refractivity contribution < 1.29 is 17.2 Å². The molecule has 0 unspecified atom stereocenters. The maximum absolute atomic E-state index is 11.2. The fourth-order valence-electron chi connectivity index (χ4n) is 9.54. The van der Waals surface area contributed by atoms with E-state index in [1.165, 1.54) is 50.5 Å². The summed E-state index contributed by atoms with van der Waals surface area (Å²) in [5.41, 5.74) is 1.98. The van der Waals surface area contributed by atoms with E-state index in [1.807, 2.05) is 0 Å². The van der Waals surface area contributed by atoms with Crippen molar-refractivity contribution in [1.82, 2.24) is 0 Å². The molecule has 0 aromatic rings. The van der Waals surface area contributed by atoms with Crippen LogP contribution in [0.5, 0.6) is 0 Å². The summed E-state index contributed by atoms with van der Waals surface area (Å²) in [4.78, 5) is 0. The van der Waals surface area contributed by atoms with Crippen LogP contribution in [0.2, 0.25) is 0 Å². The summed E-state index contributed by atoms with van der Waals surface area (Å²) in [6, 6.07) is 0. The summed E-state index contributed by atoms with van der Waals surface area (Å²) in [5, 5.41) is 0. The predicted octanol–water partition coefficient (Wildman–Crippen LogP) is 7.51. The first-order valence-corrected chi connectivity index (χ1v) is 15.6. The smallest absolute Gasteiger partial charge is 0.217 e. The molecule has 0 amide bonds. The van der Waals surface area contributed by atoms with E-state index in [1.54, 1.807) is 0 Å². The first-order chi connectivity index (χ1) is 15.9. The van der Waals surface area contributed by atoms with Gasteiger partial charge in [0.1, 0.15) is 0 Å². The molecule has 4 aliphatic carbocycles. The predicted molar refractivity (Wildman–Crippen MR) is 137 cm³/mol. The second-order valence-corrected chi connectivity index (χ2v) is 14.3. The minimum atomic E-state index is -4.63. The molecule has 3 saturated carbocycles. The van der Waals surface area contributed by atoms with Gasteiger partial charge in [0.2, 0.25) is 10.4 Å². The van der Waals surface area contributed by atoms with E-state index in [9.17, 15) is 13.0 Å². The Kier molecular flexibility index (Phi) is 7.70. The van der Waals surface area contributed by atoms with E-state index in [-0.39, 0.29) is 5.41 Å². The Morgan fingerprint density at radius 3 is 2.44 bits per heavy atom. The summed E-state index contributed by atoms with van der Waals surface area (Å²) in [6.45, 7) is 14.7. The Morgan fingerprint density at radius 1 is 1.06 bits per heavy atom. The lowest BCUT2D eigenvalue weighted by atomic mass is 9.47. The number of fused-ring (bicyclic) bond motifs is 5. The van der Waals surface area contributed by atoms with Gasteiger partial charge in [-0.1, -0.05) is 66.0 Å². The van der Waals surface area contributed by atoms with Crippen LogP contribution in [0, 0.1) is 52.3 Å². The van der Waals surface area contributed by atoms with Crippen molar-refractivity contribution in [3.05, 3.63) is 11.6 Å². The van der Waals surface area contributed by atoms with Crippen LogP contribution in [0.3, 0.4) is 0 Å². The molecule has 34 heavy (non-hydrogen) atoms. The van der Waals surface area contributed by atoms with Gasteiger partial charge in [-0.05, 0) is 110 Å². The molecule has 0 spiro atoms. The fraction of sp³-hybridized carbons (Fsp3) is 0.931. The minimum Gasteiger partial charge on any atom is -0.726 e. The third kappa shape index (κ3) is 4.92. The van der Waals surface area contributed by atoms with Gasteiger partial charge in [-0.15, -0.1) is 0 Å². The molecule has 0 N–H and O–H groups in total. The zero-order valence-electron chi connectivity index (χ0n) is 22.5. The summed E-state index contributed by atoms with van der Waals surface area (Å²) in [5.74, 6) is 5.58. The highest BCUT2D eigenvalue weighted by atomic mass is 32.3. The zero-order valence-corrected chi connectivity index (χ0v) is 23.3. The van der Waals surface area contributed by atoms with E-state index in [4.69, 9.17) is 4.18 Å². The Morgan fingerprint density at radius 2 is 1.79 bits per heavy atom. The van der Waals surface area contributed by atoms with E-state index >= 15 is 0 Å². The minimum absolute atomic E-state index is 0.145. The Labute approximate surface area is 209 Å². The van der Waals surface area contributed by atoms with Crippen LogP contribution in [0.4, 0.5) is 0 Å². The molecule has 3 fully saturated rings. The van der Waals surface area contributed by atoms with Gasteiger partial charge in [-0.3, -0.25) is 4.18 Å². The quantitative estimate of drug-likeness (QED) is 0.199. The molecule has 0 aromatic heterocycles. The summed E-state index contributed by atoms with van der Waals surface area (Å²) >= 11 is 0. The number of hydrogen-bond donors (Lipinski definition) is 0. The molecule has 0 radical (unpaired) electrons. The maximum atomic E-state index is 11.2. The molecule has 4 rings (SSSR count). The molecule has 0 bridgehead atoms. The third-order valence-corrected chi connectivity index (χ3v) is 12.0. The Hall–Kier alpha value is -0.390. The monoisotopic (exact) mass is 493 g/mol. The molecule has 4 aliphatic rings. The summed E-state index contributed by atoms with van der Waals surface area (Å²) in [6.07, 6.45) is 14.8. The molecule has 196 valence electrons. The Bertz CT molecular complexity index is 863. The third-order valence-electron chi connectivity index (χ3n) is 11.5. The molecule has 0 saturated heterocycles. The lowest BCUT2D eigenvalue weighted by Crippen LogP contribution is -2.51. The van der Waals surface area contributed by atoms with Crippen molar-refractivity contribution in [3.8, 4) is 0 Å². The molecule has 0 aliphatic heterocycles. The molecular weight excluding hydrogens is 444 g/mol. The van der Waals surface area contributed by atoms with E-state index in [0.29, 0.717) is 24.2 Å². The highest BCUT2D eigenvalue weighted by Crippen LogP contribution is 2.67. The summed E-state index contributed by atoms with van der Waals surface area (Å²) in [7, 11) is -4.63. The fourth-order valence-corrected chi connectivity index (χ4v) is 10.0. The largest absolute Gasteiger partial charge is 0.726 e. The second-order valence-electron chi connectivity index (χ2n) is 13.3. The van der Waals surface area contributed by atoms with Crippen LogP contribution >= 0.6 is 0 Å². The highest BCUT2D eigenvalue weighted by Gasteiger charge is 2.59. The van der Waals surface area contributed by atoms with Gasteiger partial charge in [-0.25, -0.2) is 8.42 Å². The molecule has 9 atom stereocenters. The first-order valence-electron chi connectivity index (χ1n) is 14.2. The molecular formula is C29H49O4S-. The molecule has 0 aromatic carbocycles. The number of hydrogen-bond acceptors (Lipinski definition) is 4. The second kappa shape index (κ2) is 9.82. The number of allylic oxidation sites excluding steroid dienone is 1. The van der Waals surface area contributed by atoms with Gasteiger partial charge in [0.15, 0.2) is 0 Å². The van der Waals surface area contributed by atoms with Gasteiger partial charge in [0.25, 0.3) is 0 Å². The number of rotatable bonds is 8. The first kappa shape index (κ1) is 26.7. The average molecular weight is 494 g/mol. The molecule has 4 nitrogen and oxygen atoms in total. The van der Waals surface area contributed by atoms with Crippen LogP contribution in [0.25, 0.3) is 0 Å². The highest BCUT2D eigenvalue weighted by molar-refractivity contribution is 7.80. The van der Waals surface area contributed by atoms with E-state index in [2.05, 4.69) is 47.6 Å². The van der Waals surface area contributed by atoms with E-state index < -0.39 is 16.5 Å². The van der Waals surface area contributed by atoms with Crippen molar-refractivity contribution >= 4 is 10.4 Å². The zero-order chi connectivity index (χ0) is 24.9. The average Bonchev–Trinajstić information content (AvgIpc) is 3.10. The van der Waals surface area contributed by atoms with Gasteiger partial charge in [0.05, 0.1) is 6.10 Å². The van der Waals surface area contributed by atoms with Gasteiger partial charge < -0.3 is 4.55 Å². The van der Waals surface area contributed by atoms with Crippen LogP contribution in [-0.4, -0.2) is 19.1 Å². The van der Waals surface area contributed by atoms with Crippen LogP contribution in [0.15, 0.2) is 11.6 Å². The van der Waals surface area contributed by atoms with Crippen molar-refractivity contribution in [3.63, 3.8) is 0 Å². The van der Waals surface area contributed by atoms with Crippen LogP contribution < -0.4 is 0 Å². The van der Waals surface area contributed by atoms with Crippen molar-refractivity contribution in [2.75, 3.05) is 0 Å².